The van der Waals surface area contributed by atoms with Gasteiger partial charge in [0.2, 0.25) is 5.91 Å². The summed E-state index contributed by atoms with van der Waals surface area (Å²) in [6.45, 7) is 7.19. The van der Waals surface area contributed by atoms with Crippen LogP contribution in [0.4, 0.5) is 5.69 Å². The average molecular weight is 355 g/mol. The summed E-state index contributed by atoms with van der Waals surface area (Å²) < 4.78 is 5.49. The quantitative estimate of drug-likeness (QED) is 0.643. The Morgan fingerprint density at radius 1 is 1.17 bits per heavy atom. The summed E-state index contributed by atoms with van der Waals surface area (Å²) in [5.74, 6) is 0.329. The van der Waals surface area contributed by atoms with Gasteiger partial charge in [0.15, 0.2) is 6.61 Å². The lowest BCUT2D eigenvalue weighted by molar-refractivity contribution is -0.133. The van der Waals surface area contributed by atoms with E-state index in [2.05, 4.69) is 12.2 Å². The third kappa shape index (κ3) is 6.79. The molecule has 0 aliphatic heterocycles. The Labute approximate surface area is 149 Å². The Balaban J connectivity index is 2.55. The number of carbonyl (C=O) groups excluding carboxylic acids is 2. The summed E-state index contributed by atoms with van der Waals surface area (Å²) in [4.78, 5) is 25.4. The standard InChI is InChI=1S/C18H27ClN2O3/c1-4-7-8-9-17(22)20-14-10-11-16(15(19)12-14)24-13-18(23)21(5-2)6-3/h10-12H,4-9,13H2,1-3H3,(H,20,22). The van der Waals surface area contributed by atoms with Gasteiger partial charge in [0.25, 0.3) is 5.91 Å². The van der Waals surface area contributed by atoms with Crippen LogP contribution in [-0.2, 0) is 9.59 Å². The molecule has 0 aliphatic carbocycles. The predicted octanol–water partition coefficient (Wildman–Crippen LogP) is 4.11. The molecule has 5 nitrogen and oxygen atoms in total. The van der Waals surface area contributed by atoms with Gasteiger partial charge in [0.1, 0.15) is 5.75 Å². The van der Waals surface area contributed by atoms with Crippen molar-refractivity contribution >= 4 is 29.1 Å². The zero-order chi connectivity index (χ0) is 17.9. The van der Waals surface area contributed by atoms with E-state index in [1.807, 2.05) is 13.8 Å². The second-order valence-corrected chi connectivity index (χ2v) is 5.91. The second kappa shape index (κ2) is 10.9. The number of unbranched alkanes of at least 4 members (excludes halogenated alkanes) is 2. The number of carbonyl (C=O) groups is 2. The molecule has 24 heavy (non-hydrogen) atoms. The highest BCUT2D eigenvalue weighted by atomic mass is 35.5. The summed E-state index contributed by atoms with van der Waals surface area (Å²) >= 11 is 6.17. The Morgan fingerprint density at radius 3 is 2.46 bits per heavy atom. The van der Waals surface area contributed by atoms with Crippen molar-refractivity contribution < 1.29 is 14.3 Å². The number of ether oxygens (including phenoxy) is 1. The molecule has 0 fully saturated rings. The van der Waals surface area contributed by atoms with Crippen molar-refractivity contribution in [3.05, 3.63) is 23.2 Å². The molecule has 0 unspecified atom stereocenters. The van der Waals surface area contributed by atoms with Crippen molar-refractivity contribution in [2.24, 2.45) is 0 Å². The summed E-state index contributed by atoms with van der Waals surface area (Å²) in [7, 11) is 0. The Morgan fingerprint density at radius 2 is 1.88 bits per heavy atom. The molecule has 0 heterocycles. The van der Waals surface area contributed by atoms with Crippen LogP contribution in [0.2, 0.25) is 5.02 Å². The lowest BCUT2D eigenvalue weighted by Crippen LogP contribution is -2.34. The summed E-state index contributed by atoms with van der Waals surface area (Å²) in [6, 6.07) is 5.02. The first kappa shape index (κ1) is 20.3. The van der Waals surface area contributed by atoms with Crippen molar-refractivity contribution in [1.29, 1.82) is 0 Å². The molecule has 134 valence electrons. The average Bonchev–Trinajstić information content (AvgIpc) is 2.55. The molecule has 2 amide bonds. The molecule has 0 aliphatic rings. The molecular formula is C18H27ClN2O3. The maximum absolute atomic E-state index is 11.9. The molecule has 0 spiro atoms. The molecule has 6 heteroatoms. The van der Waals surface area contributed by atoms with Crippen LogP contribution >= 0.6 is 11.6 Å². The number of likely N-dealkylation sites (N-methyl/N-ethyl adjacent to an activating group) is 1. The zero-order valence-corrected chi connectivity index (χ0v) is 15.5. The number of nitrogens with one attached hydrogen (secondary N) is 1. The van der Waals surface area contributed by atoms with Crippen molar-refractivity contribution in [2.45, 2.75) is 46.5 Å². The molecule has 0 saturated heterocycles. The smallest absolute Gasteiger partial charge is 0.260 e. The minimum absolute atomic E-state index is 0.0232. The number of halogens is 1. The number of hydrogen-bond acceptors (Lipinski definition) is 3. The van der Waals surface area contributed by atoms with Gasteiger partial charge >= 0.3 is 0 Å². The molecule has 1 rings (SSSR count). The molecule has 1 N–H and O–H groups in total. The van der Waals surface area contributed by atoms with E-state index in [0.717, 1.165) is 19.3 Å². The maximum Gasteiger partial charge on any atom is 0.260 e. The topological polar surface area (TPSA) is 58.6 Å². The third-order valence-corrected chi connectivity index (χ3v) is 3.99. The first-order chi connectivity index (χ1) is 11.5. The van der Waals surface area contributed by atoms with E-state index in [1.54, 1.807) is 23.1 Å². The monoisotopic (exact) mass is 354 g/mol. The molecule has 0 bridgehead atoms. The fourth-order valence-corrected chi connectivity index (χ4v) is 2.50. The predicted molar refractivity (Wildman–Crippen MR) is 97.6 cm³/mol. The first-order valence-electron chi connectivity index (χ1n) is 8.51. The number of anilines is 1. The van der Waals surface area contributed by atoms with Gasteiger partial charge < -0.3 is 15.0 Å². The normalized spacial score (nSPS) is 10.3. The Kier molecular flexibility index (Phi) is 9.23. The SMILES string of the molecule is CCCCCC(=O)Nc1ccc(OCC(=O)N(CC)CC)c(Cl)c1. The van der Waals surface area contributed by atoms with E-state index >= 15 is 0 Å². The van der Waals surface area contributed by atoms with Crippen LogP contribution in [0.1, 0.15) is 46.5 Å². The number of rotatable bonds is 10. The van der Waals surface area contributed by atoms with Crippen LogP contribution < -0.4 is 10.1 Å². The number of hydrogen-bond donors (Lipinski definition) is 1. The van der Waals surface area contributed by atoms with Crippen LogP contribution in [-0.4, -0.2) is 36.4 Å². The molecule has 0 saturated carbocycles. The largest absolute Gasteiger partial charge is 0.482 e. The van der Waals surface area contributed by atoms with Crippen molar-refractivity contribution in [1.82, 2.24) is 4.90 Å². The van der Waals surface area contributed by atoms with E-state index in [9.17, 15) is 9.59 Å². The van der Waals surface area contributed by atoms with Crippen LogP contribution in [0.25, 0.3) is 0 Å². The van der Waals surface area contributed by atoms with Crippen molar-refractivity contribution in [2.75, 3.05) is 25.0 Å². The molecular weight excluding hydrogens is 328 g/mol. The zero-order valence-electron chi connectivity index (χ0n) is 14.7. The lowest BCUT2D eigenvalue weighted by Gasteiger charge is -2.19. The molecule has 0 aromatic heterocycles. The van der Waals surface area contributed by atoms with Gasteiger partial charge in [-0.15, -0.1) is 0 Å². The highest BCUT2D eigenvalue weighted by Gasteiger charge is 2.12. The molecule has 0 radical (unpaired) electrons. The van der Waals surface area contributed by atoms with Gasteiger partial charge in [0, 0.05) is 25.2 Å². The van der Waals surface area contributed by atoms with E-state index in [4.69, 9.17) is 16.3 Å². The second-order valence-electron chi connectivity index (χ2n) is 5.51. The van der Waals surface area contributed by atoms with Gasteiger partial charge in [-0.1, -0.05) is 31.4 Å². The lowest BCUT2D eigenvalue weighted by atomic mass is 10.2. The van der Waals surface area contributed by atoms with Gasteiger partial charge in [-0.05, 0) is 38.5 Å². The third-order valence-electron chi connectivity index (χ3n) is 3.69. The van der Waals surface area contributed by atoms with Crippen LogP contribution in [0.15, 0.2) is 18.2 Å². The summed E-state index contributed by atoms with van der Waals surface area (Å²) in [5.41, 5.74) is 0.629. The number of nitrogens with zero attached hydrogens (tertiary/aromatic N) is 1. The van der Waals surface area contributed by atoms with Crippen LogP contribution in [0, 0.1) is 0 Å². The van der Waals surface area contributed by atoms with E-state index in [-0.39, 0.29) is 18.4 Å². The number of benzene rings is 1. The minimum atomic E-state index is -0.0793. The first-order valence-corrected chi connectivity index (χ1v) is 8.89. The maximum atomic E-state index is 11.9. The van der Waals surface area contributed by atoms with Gasteiger partial charge in [-0.3, -0.25) is 9.59 Å². The van der Waals surface area contributed by atoms with E-state index < -0.39 is 0 Å². The van der Waals surface area contributed by atoms with Crippen LogP contribution in [0.3, 0.4) is 0 Å². The Bertz CT molecular complexity index is 545. The van der Waals surface area contributed by atoms with Gasteiger partial charge in [-0.2, -0.15) is 0 Å². The molecule has 1 aromatic rings. The molecule has 0 atom stereocenters. The minimum Gasteiger partial charge on any atom is -0.482 e. The highest BCUT2D eigenvalue weighted by Crippen LogP contribution is 2.27. The van der Waals surface area contributed by atoms with E-state index in [1.165, 1.54) is 0 Å². The highest BCUT2D eigenvalue weighted by molar-refractivity contribution is 6.32. The Hall–Kier alpha value is -1.75. The summed E-state index contributed by atoms with van der Waals surface area (Å²) in [6.07, 6.45) is 3.51. The van der Waals surface area contributed by atoms with E-state index in [0.29, 0.717) is 36.0 Å². The summed E-state index contributed by atoms with van der Waals surface area (Å²) in [5, 5.41) is 3.19. The fraction of sp³-hybridized carbons (Fsp3) is 0.556. The van der Waals surface area contributed by atoms with Crippen molar-refractivity contribution in [3.63, 3.8) is 0 Å². The fourth-order valence-electron chi connectivity index (χ4n) is 2.26. The van der Waals surface area contributed by atoms with Gasteiger partial charge in [-0.25, -0.2) is 0 Å². The van der Waals surface area contributed by atoms with Gasteiger partial charge in [0.05, 0.1) is 5.02 Å². The number of amides is 2. The molecule has 1 aromatic carbocycles. The van der Waals surface area contributed by atoms with Crippen LogP contribution in [0.5, 0.6) is 5.75 Å². The van der Waals surface area contributed by atoms with Crippen molar-refractivity contribution in [3.8, 4) is 5.75 Å².